The molecule has 0 radical (unpaired) electrons. The number of phenols is 1. The number of rotatable bonds is 1. The number of phenolic OH excluding ortho intramolecular Hbond substituents is 1. The average Bonchev–Trinajstić information content (AvgIpc) is 2.72. The number of aromatic hydroxyl groups is 1. The summed E-state index contributed by atoms with van der Waals surface area (Å²) in [6, 6.07) is 7.48. The number of aromatic amines is 1. The van der Waals surface area contributed by atoms with Crippen LogP contribution in [0.15, 0.2) is 24.3 Å². The van der Waals surface area contributed by atoms with E-state index in [1.165, 1.54) is 0 Å². The van der Waals surface area contributed by atoms with E-state index in [9.17, 15) is 5.11 Å². The molecule has 1 aliphatic rings. The highest BCUT2D eigenvalue weighted by Crippen LogP contribution is 2.40. The van der Waals surface area contributed by atoms with Gasteiger partial charge in [0.1, 0.15) is 5.75 Å². The fourth-order valence-corrected chi connectivity index (χ4v) is 2.95. The van der Waals surface area contributed by atoms with Gasteiger partial charge < -0.3 is 10.8 Å². The van der Waals surface area contributed by atoms with E-state index in [0.29, 0.717) is 5.75 Å². The lowest BCUT2D eigenvalue weighted by atomic mass is 9.79. The first-order chi connectivity index (χ1) is 8.66. The van der Waals surface area contributed by atoms with E-state index in [1.54, 1.807) is 6.07 Å². The Morgan fingerprint density at radius 2 is 2.17 bits per heavy atom. The highest BCUT2D eigenvalue weighted by molar-refractivity contribution is 5.40. The summed E-state index contributed by atoms with van der Waals surface area (Å²) in [5.74, 6) is 0.599. The number of H-pyrrole nitrogens is 1. The molecule has 0 aliphatic heterocycles. The van der Waals surface area contributed by atoms with Crippen LogP contribution in [0.4, 0.5) is 0 Å². The van der Waals surface area contributed by atoms with Crippen LogP contribution in [0.5, 0.6) is 5.75 Å². The lowest BCUT2D eigenvalue weighted by Crippen LogP contribution is -2.23. The summed E-state index contributed by atoms with van der Waals surface area (Å²) in [4.78, 5) is 0. The predicted molar refractivity (Wildman–Crippen MR) is 69.4 cm³/mol. The smallest absolute Gasteiger partial charge is 0.119 e. The van der Waals surface area contributed by atoms with Crippen molar-refractivity contribution in [2.24, 2.45) is 5.73 Å². The Morgan fingerprint density at radius 1 is 1.39 bits per heavy atom. The Balaban J connectivity index is 1.97. The Kier molecular flexibility index (Phi) is 2.59. The summed E-state index contributed by atoms with van der Waals surface area (Å²) >= 11 is 0. The number of nitrogens with zero attached hydrogens (tertiary/aromatic N) is 1. The van der Waals surface area contributed by atoms with Gasteiger partial charge in [-0.3, -0.25) is 5.10 Å². The standard InChI is InChI=1S/C14H17N3O/c1-8-14-11(15)6-9(7-12(14)17-16-8)10-4-2-3-5-13(10)18/h2-5,9,11,18H,6-7,15H2,1H3,(H,16,17). The Hall–Kier alpha value is -1.81. The van der Waals surface area contributed by atoms with Gasteiger partial charge in [0.25, 0.3) is 0 Å². The molecule has 1 aromatic carbocycles. The van der Waals surface area contributed by atoms with E-state index < -0.39 is 0 Å². The van der Waals surface area contributed by atoms with Crippen molar-refractivity contribution in [2.45, 2.75) is 31.7 Å². The van der Waals surface area contributed by atoms with E-state index in [-0.39, 0.29) is 12.0 Å². The first-order valence-corrected chi connectivity index (χ1v) is 6.24. The molecule has 1 aliphatic carbocycles. The molecule has 0 saturated carbocycles. The maximum absolute atomic E-state index is 9.93. The lowest BCUT2D eigenvalue weighted by Gasteiger charge is -2.27. The van der Waals surface area contributed by atoms with Crippen LogP contribution in [0, 0.1) is 6.92 Å². The fourth-order valence-electron chi connectivity index (χ4n) is 2.95. The van der Waals surface area contributed by atoms with Crippen molar-refractivity contribution < 1.29 is 5.11 Å². The zero-order chi connectivity index (χ0) is 12.7. The number of aryl methyl sites for hydroxylation is 1. The largest absolute Gasteiger partial charge is 0.508 e. The molecule has 0 bridgehead atoms. The summed E-state index contributed by atoms with van der Waals surface area (Å²) < 4.78 is 0. The number of nitrogens with one attached hydrogen (secondary N) is 1. The number of hydrogen-bond acceptors (Lipinski definition) is 3. The Labute approximate surface area is 106 Å². The van der Waals surface area contributed by atoms with Crippen LogP contribution in [0.3, 0.4) is 0 Å². The predicted octanol–water partition coefficient (Wildman–Crippen LogP) is 2.15. The number of para-hydroxylation sites is 1. The van der Waals surface area contributed by atoms with E-state index in [1.807, 2.05) is 25.1 Å². The molecule has 94 valence electrons. The zero-order valence-electron chi connectivity index (χ0n) is 10.4. The molecule has 2 atom stereocenters. The zero-order valence-corrected chi connectivity index (χ0v) is 10.4. The van der Waals surface area contributed by atoms with Crippen LogP contribution in [-0.4, -0.2) is 15.3 Å². The molecular formula is C14H17N3O. The third kappa shape index (κ3) is 1.69. The summed E-state index contributed by atoms with van der Waals surface area (Å²) in [6.45, 7) is 2.01. The van der Waals surface area contributed by atoms with E-state index in [4.69, 9.17) is 5.73 Å². The molecule has 0 amide bonds. The summed E-state index contributed by atoms with van der Waals surface area (Å²) in [5.41, 5.74) is 10.5. The first-order valence-electron chi connectivity index (χ1n) is 6.24. The fraction of sp³-hybridized carbons (Fsp3) is 0.357. The van der Waals surface area contributed by atoms with Gasteiger partial charge in [-0.05, 0) is 37.3 Å². The first kappa shape index (κ1) is 11.3. The highest BCUT2D eigenvalue weighted by Gasteiger charge is 2.30. The van der Waals surface area contributed by atoms with Crippen molar-refractivity contribution in [3.63, 3.8) is 0 Å². The van der Waals surface area contributed by atoms with Crippen LogP contribution in [-0.2, 0) is 6.42 Å². The number of aromatic nitrogens is 2. The maximum atomic E-state index is 9.93. The van der Waals surface area contributed by atoms with Crippen LogP contribution >= 0.6 is 0 Å². The van der Waals surface area contributed by atoms with Gasteiger partial charge >= 0.3 is 0 Å². The second kappa shape index (κ2) is 4.14. The van der Waals surface area contributed by atoms with Crippen LogP contribution < -0.4 is 5.73 Å². The van der Waals surface area contributed by atoms with Crippen molar-refractivity contribution in [1.29, 1.82) is 0 Å². The summed E-state index contributed by atoms with van der Waals surface area (Å²) in [5, 5.41) is 17.3. The second-order valence-corrected chi connectivity index (χ2v) is 5.01. The number of nitrogens with two attached hydrogens (primary N) is 1. The van der Waals surface area contributed by atoms with Gasteiger partial charge in [0.15, 0.2) is 0 Å². The molecule has 3 rings (SSSR count). The summed E-state index contributed by atoms with van der Waals surface area (Å²) in [6.07, 6.45) is 1.69. The Bertz CT molecular complexity index is 576. The van der Waals surface area contributed by atoms with Gasteiger partial charge in [-0.15, -0.1) is 0 Å². The lowest BCUT2D eigenvalue weighted by molar-refractivity contribution is 0.439. The van der Waals surface area contributed by atoms with Gasteiger partial charge in [0.2, 0.25) is 0 Å². The van der Waals surface area contributed by atoms with Crippen molar-refractivity contribution >= 4 is 0 Å². The van der Waals surface area contributed by atoms with Crippen molar-refractivity contribution in [3.05, 3.63) is 46.8 Å². The van der Waals surface area contributed by atoms with E-state index >= 15 is 0 Å². The normalized spacial score (nSPS) is 22.8. The van der Waals surface area contributed by atoms with Crippen LogP contribution in [0.2, 0.25) is 0 Å². The highest BCUT2D eigenvalue weighted by atomic mass is 16.3. The van der Waals surface area contributed by atoms with E-state index in [2.05, 4.69) is 10.2 Å². The monoisotopic (exact) mass is 243 g/mol. The molecular weight excluding hydrogens is 226 g/mol. The van der Waals surface area contributed by atoms with E-state index in [0.717, 1.165) is 35.4 Å². The van der Waals surface area contributed by atoms with Gasteiger partial charge in [0.05, 0.1) is 5.69 Å². The minimum atomic E-state index is -0.00268. The molecule has 1 aromatic heterocycles. The van der Waals surface area contributed by atoms with Crippen molar-refractivity contribution in [3.8, 4) is 5.75 Å². The number of fused-ring (bicyclic) bond motifs is 1. The van der Waals surface area contributed by atoms with Gasteiger partial charge in [-0.2, -0.15) is 5.10 Å². The van der Waals surface area contributed by atoms with Gasteiger partial charge in [0, 0.05) is 17.3 Å². The average molecular weight is 243 g/mol. The third-order valence-corrected chi connectivity index (χ3v) is 3.80. The minimum absolute atomic E-state index is 0.00268. The van der Waals surface area contributed by atoms with Gasteiger partial charge in [-0.1, -0.05) is 18.2 Å². The second-order valence-electron chi connectivity index (χ2n) is 5.01. The Morgan fingerprint density at radius 3 is 2.94 bits per heavy atom. The number of benzene rings is 1. The van der Waals surface area contributed by atoms with Crippen LogP contribution in [0.1, 0.15) is 40.9 Å². The molecule has 18 heavy (non-hydrogen) atoms. The molecule has 0 saturated heterocycles. The van der Waals surface area contributed by atoms with Crippen molar-refractivity contribution in [1.82, 2.24) is 10.2 Å². The molecule has 0 spiro atoms. The molecule has 2 aromatic rings. The van der Waals surface area contributed by atoms with Gasteiger partial charge in [-0.25, -0.2) is 0 Å². The van der Waals surface area contributed by atoms with Crippen LogP contribution in [0.25, 0.3) is 0 Å². The molecule has 1 heterocycles. The molecule has 4 N–H and O–H groups in total. The SMILES string of the molecule is Cc1[nH]nc2c1C(N)CC(c1ccccc1O)C2. The number of hydrogen-bond donors (Lipinski definition) is 3. The topological polar surface area (TPSA) is 74.9 Å². The molecule has 2 unspecified atom stereocenters. The molecule has 0 fully saturated rings. The minimum Gasteiger partial charge on any atom is -0.508 e. The maximum Gasteiger partial charge on any atom is 0.119 e. The third-order valence-electron chi connectivity index (χ3n) is 3.80. The van der Waals surface area contributed by atoms with Crippen molar-refractivity contribution in [2.75, 3.05) is 0 Å². The molecule has 4 nitrogen and oxygen atoms in total. The summed E-state index contributed by atoms with van der Waals surface area (Å²) in [7, 11) is 0. The molecule has 4 heteroatoms. The quantitative estimate of drug-likeness (QED) is 0.718.